The van der Waals surface area contributed by atoms with Crippen molar-refractivity contribution in [3.63, 3.8) is 0 Å². The van der Waals surface area contributed by atoms with Crippen LogP contribution in [0.15, 0.2) is 71.1 Å². The molecular formula is C20H14O3. The highest BCUT2D eigenvalue weighted by Gasteiger charge is 2.13. The first kappa shape index (κ1) is 13.6. The maximum Gasteiger partial charge on any atom is 0.193 e. The maximum absolute atomic E-state index is 12.7. The zero-order valence-corrected chi connectivity index (χ0v) is 12.6. The van der Waals surface area contributed by atoms with Crippen molar-refractivity contribution >= 4 is 27.7 Å². The minimum absolute atomic E-state index is 0.0140. The van der Waals surface area contributed by atoms with Crippen LogP contribution in [0, 0.1) is 0 Å². The van der Waals surface area contributed by atoms with Gasteiger partial charge in [-0.25, -0.2) is 0 Å². The lowest BCUT2D eigenvalue weighted by Crippen LogP contribution is -2.00. The number of fused-ring (bicyclic) bond motifs is 3. The monoisotopic (exact) mass is 302 g/mol. The Morgan fingerprint density at radius 3 is 2.30 bits per heavy atom. The molecule has 3 aromatic carbocycles. The van der Waals surface area contributed by atoms with Gasteiger partial charge >= 0.3 is 0 Å². The van der Waals surface area contributed by atoms with Crippen molar-refractivity contribution in [1.82, 2.24) is 0 Å². The molecule has 0 radical (unpaired) electrons. The highest BCUT2D eigenvalue weighted by molar-refractivity contribution is 6.13. The van der Waals surface area contributed by atoms with Gasteiger partial charge < -0.3 is 9.15 Å². The van der Waals surface area contributed by atoms with Gasteiger partial charge in [-0.1, -0.05) is 18.2 Å². The molecule has 0 atom stereocenters. The van der Waals surface area contributed by atoms with Crippen LogP contribution in [-0.2, 0) is 0 Å². The average molecular weight is 302 g/mol. The van der Waals surface area contributed by atoms with Crippen LogP contribution in [0.5, 0.6) is 5.75 Å². The van der Waals surface area contributed by atoms with Crippen molar-refractivity contribution in [2.45, 2.75) is 0 Å². The second kappa shape index (κ2) is 5.29. The SMILES string of the molecule is COc1ccc(C(=O)c2ccc3oc4ccccc4c3c2)cc1. The van der Waals surface area contributed by atoms with Gasteiger partial charge in [0, 0.05) is 21.9 Å². The Labute approximate surface area is 133 Å². The smallest absolute Gasteiger partial charge is 0.193 e. The minimum Gasteiger partial charge on any atom is -0.497 e. The third-order valence-corrected chi connectivity index (χ3v) is 3.99. The first-order valence-electron chi connectivity index (χ1n) is 7.36. The molecule has 0 aliphatic heterocycles. The molecule has 0 fully saturated rings. The molecule has 0 aliphatic carbocycles. The van der Waals surface area contributed by atoms with Gasteiger partial charge in [-0.05, 0) is 48.5 Å². The number of para-hydroxylation sites is 1. The lowest BCUT2D eigenvalue weighted by molar-refractivity contribution is 0.103. The normalized spacial score (nSPS) is 11.0. The number of hydrogen-bond acceptors (Lipinski definition) is 3. The Bertz CT molecular complexity index is 1010. The van der Waals surface area contributed by atoms with Crippen LogP contribution in [-0.4, -0.2) is 12.9 Å². The lowest BCUT2D eigenvalue weighted by Gasteiger charge is -2.03. The van der Waals surface area contributed by atoms with Crippen LogP contribution in [0.4, 0.5) is 0 Å². The number of ketones is 1. The number of carbonyl (C=O) groups excluding carboxylic acids is 1. The molecule has 3 nitrogen and oxygen atoms in total. The van der Waals surface area contributed by atoms with Crippen molar-refractivity contribution in [2.24, 2.45) is 0 Å². The molecule has 0 unspecified atom stereocenters. The fourth-order valence-electron chi connectivity index (χ4n) is 2.78. The predicted molar refractivity (Wildman–Crippen MR) is 90.1 cm³/mol. The highest BCUT2D eigenvalue weighted by atomic mass is 16.5. The second-order valence-corrected chi connectivity index (χ2v) is 5.37. The van der Waals surface area contributed by atoms with E-state index in [-0.39, 0.29) is 5.78 Å². The van der Waals surface area contributed by atoms with Crippen molar-refractivity contribution < 1.29 is 13.9 Å². The van der Waals surface area contributed by atoms with E-state index < -0.39 is 0 Å². The van der Waals surface area contributed by atoms with E-state index in [1.807, 2.05) is 36.4 Å². The molecular weight excluding hydrogens is 288 g/mol. The van der Waals surface area contributed by atoms with E-state index in [4.69, 9.17) is 9.15 Å². The summed E-state index contributed by atoms with van der Waals surface area (Å²) in [6.07, 6.45) is 0. The molecule has 4 aromatic rings. The van der Waals surface area contributed by atoms with Gasteiger partial charge in [0.2, 0.25) is 0 Å². The second-order valence-electron chi connectivity index (χ2n) is 5.37. The molecule has 23 heavy (non-hydrogen) atoms. The molecule has 0 saturated heterocycles. The van der Waals surface area contributed by atoms with E-state index in [0.29, 0.717) is 11.1 Å². The third kappa shape index (κ3) is 2.27. The zero-order valence-electron chi connectivity index (χ0n) is 12.6. The predicted octanol–water partition coefficient (Wildman–Crippen LogP) is 4.83. The van der Waals surface area contributed by atoms with Gasteiger partial charge in [-0.2, -0.15) is 0 Å². The standard InChI is InChI=1S/C20H14O3/c1-22-15-9-6-13(7-10-15)20(21)14-8-11-19-17(12-14)16-4-2-3-5-18(16)23-19/h2-12H,1H3. The summed E-state index contributed by atoms with van der Waals surface area (Å²) in [5.74, 6) is 0.720. The molecule has 0 spiro atoms. The highest BCUT2D eigenvalue weighted by Crippen LogP contribution is 2.29. The summed E-state index contributed by atoms with van der Waals surface area (Å²) in [6.45, 7) is 0. The first-order chi connectivity index (χ1) is 11.3. The van der Waals surface area contributed by atoms with Crippen LogP contribution < -0.4 is 4.74 Å². The fraction of sp³-hybridized carbons (Fsp3) is 0.0500. The molecule has 1 heterocycles. The van der Waals surface area contributed by atoms with E-state index in [9.17, 15) is 4.79 Å². The largest absolute Gasteiger partial charge is 0.497 e. The molecule has 0 saturated carbocycles. The Kier molecular flexibility index (Phi) is 3.12. The van der Waals surface area contributed by atoms with E-state index in [0.717, 1.165) is 27.7 Å². The summed E-state index contributed by atoms with van der Waals surface area (Å²) in [6, 6.07) is 20.5. The van der Waals surface area contributed by atoms with Crippen molar-refractivity contribution in [2.75, 3.05) is 7.11 Å². The Hall–Kier alpha value is -3.07. The van der Waals surface area contributed by atoms with Crippen LogP contribution in [0.25, 0.3) is 21.9 Å². The molecule has 0 amide bonds. The van der Waals surface area contributed by atoms with E-state index in [1.54, 1.807) is 37.4 Å². The van der Waals surface area contributed by atoms with Gasteiger partial charge in [0.25, 0.3) is 0 Å². The van der Waals surface area contributed by atoms with Crippen LogP contribution in [0.2, 0.25) is 0 Å². The number of furan rings is 1. The Morgan fingerprint density at radius 2 is 1.52 bits per heavy atom. The van der Waals surface area contributed by atoms with Gasteiger partial charge in [0.15, 0.2) is 5.78 Å². The summed E-state index contributed by atoms with van der Waals surface area (Å²) in [5, 5.41) is 1.98. The molecule has 0 bridgehead atoms. The summed E-state index contributed by atoms with van der Waals surface area (Å²) in [4.78, 5) is 12.7. The third-order valence-electron chi connectivity index (χ3n) is 3.99. The summed E-state index contributed by atoms with van der Waals surface area (Å²) >= 11 is 0. The topological polar surface area (TPSA) is 39.4 Å². The number of methoxy groups -OCH3 is 1. The quantitative estimate of drug-likeness (QED) is 0.509. The van der Waals surface area contributed by atoms with Crippen LogP contribution >= 0.6 is 0 Å². The molecule has 1 aromatic heterocycles. The van der Waals surface area contributed by atoms with E-state index >= 15 is 0 Å². The minimum atomic E-state index is -0.0140. The average Bonchev–Trinajstić information content (AvgIpc) is 2.99. The summed E-state index contributed by atoms with van der Waals surface area (Å²) < 4.78 is 10.9. The molecule has 4 rings (SSSR count). The number of carbonyl (C=O) groups is 1. The number of ether oxygens (including phenoxy) is 1. The molecule has 0 aliphatic rings. The van der Waals surface area contributed by atoms with E-state index in [1.165, 1.54) is 0 Å². The zero-order chi connectivity index (χ0) is 15.8. The van der Waals surface area contributed by atoms with Gasteiger partial charge in [0.05, 0.1) is 7.11 Å². The lowest BCUT2D eigenvalue weighted by atomic mass is 10.0. The van der Waals surface area contributed by atoms with Crippen LogP contribution in [0.3, 0.4) is 0 Å². The number of benzene rings is 3. The summed E-state index contributed by atoms with van der Waals surface area (Å²) in [5.41, 5.74) is 2.90. The van der Waals surface area contributed by atoms with Crippen LogP contribution in [0.1, 0.15) is 15.9 Å². The Morgan fingerprint density at radius 1 is 0.826 bits per heavy atom. The van der Waals surface area contributed by atoms with Crippen molar-refractivity contribution in [3.8, 4) is 5.75 Å². The first-order valence-corrected chi connectivity index (χ1v) is 7.36. The van der Waals surface area contributed by atoms with Gasteiger partial charge in [-0.3, -0.25) is 4.79 Å². The summed E-state index contributed by atoms with van der Waals surface area (Å²) in [7, 11) is 1.61. The van der Waals surface area contributed by atoms with Crippen molar-refractivity contribution in [3.05, 3.63) is 77.9 Å². The molecule has 112 valence electrons. The van der Waals surface area contributed by atoms with E-state index in [2.05, 4.69) is 0 Å². The van der Waals surface area contributed by atoms with Crippen molar-refractivity contribution in [1.29, 1.82) is 0 Å². The number of hydrogen-bond donors (Lipinski definition) is 0. The maximum atomic E-state index is 12.7. The van der Waals surface area contributed by atoms with Gasteiger partial charge in [0.1, 0.15) is 16.9 Å². The van der Waals surface area contributed by atoms with Gasteiger partial charge in [-0.15, -0.1) is 0 Å². The molecule has 3 heteroatoms. The fourth-order valence-corrected chi connectivity index (χ4v) is 2.78. The Balaban J connectivity index is 1.81. The molecule has 0 N–H and O–H groups in total. The number of rotatable bonds is 3.